The number of aryl methyl sites for hydroxylation is 1. The Hall–Kier alpha value is -1.66. The number of piperazine rings is 1. The van der Waals surface area contributed by atoms with E-state index in [4.69, 9.17) is 0 Å². The van der Waals surface area contributed by atoms with Crippen molar-refractivity contribution in [1.29, 1.82) is 0 Å². The van der Waals surface area contributed by atoms with Gasteiger partial charge in [0.05, 0.1) is 0 Å². The zero-order valence-corrected chi connectivity index (χ0v) is 16.2. The van der Waals surface area contributed by atoms with Gasteiger partial charge in [0.1, 0.15) is 5.82 Å². The number of rotatable bonds is 2. The molecule has 2 amide bonds. The second-order valence-electron chi connectivity index (χ2n) is 7.16. The average Bonchev–Trinajstić information content (AvgIpc) is 2.63. The highest BCUT2D eigenvalue weighted by molar-refractivity contribution is 5.94. The topological polar surface area (TPSA) is 52.7 Å². The van der Waals surface area contributed by atoms with Crippen LogP contribution in [-0.4, -0.2) is 60.4 Å². The van der Waals surface area contributed by atoms with Crippen molar-refractivity contribution in [1.82, 2.24) is 15.1 Å². The van der Waals surface area contributed by atoms with E-state index in [-0.39, 0.29) is 36.0 Å². The second kappa shape index (κ2) is 8.82. The molecular weight excluding hydrogens is 357 g/mol. The SMILES string of the molecule is Cc1ccc(C(=O)N2CCN(C(=O)[C@H]3CCN[C@@H](C)C3)CC2)cc1F.Cl. The van der Waals surface area contributed by atoms with E-state index in [0.29, 0.717) is 43.3 Å². The average molecular weight is 384 g/mol. The highest BCUT2D eigenvalue weighted by atomic mass is 35.5. The van der Waals surface area contributed by atoms with Crippen molar-refractivity contribution in [3.63, 3.8) is 0 Å². The third-order valence-electron chi connectivity index (χ3n) is 5.27. The number of piperidine rings is 1. The number of halogens is 2. The molecule has 0 bridgehead atoms. The molecule has 0 radical (unpaired) electrons. The van der Waals surface area contributed by atoms with Gasteiger partial charge in [0.15, 0.2) is 0 Å². The summed E-state index contributed by atoms with van der Waals surface area (Å²) in [6, 6.07) is 4.96. The summed E-state index contributed by atoms with van der Waals surface area (Å²) in [5.41, 5.74) is 0.901. The summed E-state index contributed by atoms with van der Waals surface area (Å²) in [6.07, 6.45) is 1.76. The first-order valence-corrected chi connectivity index (χ1v) is 9.03. The van der Waals surface area contributed by atoms with Gasteiger partial charge in [0, 0.05) is 43.7 Å². The third kappa shape index (κ3) is 4.54. The van der Waals surface area contributed by atoms with Crippen LogP contribution in [0.1, 0.15) is 35.7 Å². The van der Waals surface area contributed by atoms with Crippen molar-refractivity contribution in [2.45, 2.75) is 32.7 Å². The van der Waals surface area contributed by atoms with E-state index in [0.717, 1.165) is 19.4 Å². The Bertz CT molecular complexity index is 662. The maximum Gasteiger partial charge on any atom is 0.254 e. The fourth-order valence-electron chi connectivity index (χ4n) is 3.65. The van der Waals surface area contributed by atoms with Gasteiger partial charge in [-0.1, -0.05) is 6.07 Å². The van der Waals surface area contributed by atoms with Gasteiger partial charge < -0.3 is 15.1 Å². The molecule has 0 aliphatic carbocycles. The molecule has 1 N–H and O–H groups in total. The number of hydrogen-bond acceptors (Lipinski definition) is 3. The zero-order valence-electron chi connectivity index (χ0n) is 15.3. The molecule has 2 aliphatic rings. The Labute approximate surface area is 160 Å². The Morgan fingerprint density at radius 1 is 1.15 bits per heavy atom. The van der Waals surface area contributed by atoms with Crippen LogP contribution >= 0.6 is 12.4 Å². The van der Waals surface area contributed by atoms with Gasteiger partial charge in [-0.3, -0.25) is 9.59 Å². The van der Waals surface area contributed by atoms with Gasteiger partial charge in [-0.05, 0) is 50.9 Å². The lowest BCUT2D eigenvalue weighted by atomic mass is 9.92. The van der Waals surface area contributed by atoms with Crippen molar-refractivity contribution in [2.75, 3.05) is 32.7 Å². The zero-order chi connectivity index (χ0) is 18.0. The molecule has 2 saturated heterocycles. The number of amides is 2. The first-order chi connectivity index (χ1) is 12.0. The minimum absolute atomic E-state index is 0. The first-order valence-electron chi connectivity index (χ1n) is 9.03. The van der Waals surface area contributed by atoms with E-state index in [1.165, 1.54) is 6.07 Å². The second-order valence-corrected chi connectivity index (χ2v) is 7.16. The number of nitrogens with zero attached hydrogens (tertiary/aromatic N) is 2. The smallest absolute Gasteiger partial charge is 0.254 e. The largest absolute Gasteiger partial charge is 0.339 e. The van der Waals surface area contributed by atoms with Crippen LogP contribution in [0.5, 0.6) is 0 Å². The fourth-order valence-corrected chi connectivity index (χ4v) is 3.65. The summed E-state index contributed by atoms with van der Waals surface area (Å²) < 4.78 is 13.7. The third-order valence-corrected chi connectivity index (χ3v) is 5.27. The molecule has 2 atom stereocenters. The molecule has 2 fully saturated rings. The summed E-state index contributed by atoms with van der Waals surface area (Å²) in [5, 5.41) is 3.36. The Morgan fingerprint density at radius 2 is 1.81 bits per heavy atom. The molecule has 0 saturated carbocycles. The summed E-state index contributed by atoms with van der Waals surface area (Å²) in [7, 11) is 0. The molecule has 0 unspecified atom stereocenters. The molecule has 5 nitrogen and oxygen atoms in total. The lowest BCUT2D eigenvalue weighted by Crippen LogP contribution is -2.53. The predicted molar refractivity (Wildman–Crippen MR) is 101 cm³/mol. The Balaban J connectivity index is 0.00000243. The van der Waals surface area contributed by atoms with Crippen LogP contribution < -0.4 is 5.32 Å². The number of nitrogens with one attached hydrogen (secondary N) is 1. The molecule has 0 spiro atoms. The Morgan fingerprint density at radius 3 is 2.42 bits per heavy atom. The maximum atomic E-state index is 13.7. The van der Waals surface area contributed by atoms with Crippen molar-refractivity contribution in [3.05, 3.63) is 35.1 Å². The van der Waals surface area contributed by atoms with Crippen LogP contribution in [0, 0.1) is 18.7 Å². The summed E-state index contributed by atoms with van der Waals surface area (Å²) >= 11 is 0. The molecule has 26 heavy (non-hydrogen) atoms. The summed E-state index contributed by atoms with van der Waals surface area (Å²) in [4.78, 5) is 28.8. The number of carbonyl (C=O) groups excluding carboxylic acids is 2. The van der Waals surface area contributed by atoms with Crippen LogP contribution in [-0.2, 0) is 4.79 Å². The quantitative estimate of drug-likeness (QED) is 0.852. The summed E-state index contributed by atoms with van der Waals surface area (Å²) in [6.45, 7) is 6.77. The van der Waals surface area contributed by atoms with Gasteiger partial charge in [0.25, 0.3) is 5.91 Å². The lowest BCUT2D eigenvalue weighted by molar-refractivity contribution is -0.138. The lowest BCUT2D eigenvalue weighted by Gasteiger charge is -2.38. The molecule has 144 valence electrons. The van der Waals surface area contributed by atoms with E-state index in [1.54, 1.807) is 24.0 Å². The van der Waals surface area contributed by atoms with Crippen LogP contribution in [0.4, 0.5) is 4.39 Å². The minimum Gasteiger partial charge on any atom is -0.339 e. The van der Waals surface area contributed by atoms with E-state index in [1.807, 2.05) is 4.90 Å². The molecule has 7 heteroatoms. The van der Waals surface area contributed by atoms with E-state index in [2.05, 4.69) is 12.2 Å². The number of carbonyl (C=O) groups is 2. The van der Waals surface area contributed by atoms with Gasteiger partial charge >= 0.3 is 0 Å². The number of hydrogen-bond donors (Lipinski definition) is 1. The number of benzene rings is 1. The van der Waals surface area contributed by atoms with Gasteiger partial charge in [-0.15, -0.1) is 12.4 Å². The maximum absolute atomic E-state index is 13.7. The minimum atomic E-state index is -0.361. The van der Waals surface area contributed by atoms with E-state index in [9.17, 15) is 14.0 Å². The standard InChI is InChI=1S/C19H26FN3O2.ClH/c1-13-3-4-15(12-17(13)20)18(24)22-7-9-23(10-8-22)19(25)16-5-6-21-14(2)11-16;/h3-4,12,14,16,21H,5-11H2,1-2H3;1H/t14-,16-;/m0./s1. The van der Waals surface area contributed by atoms with E-state index < -0.39 is 0 Å². The van der Waals surface area contributed by atoms with E-state index >= 15 is 0 Å². The van der Waals surface area contributed by atoms with Crippen LogP contribution in [0.15, 0.2) is 18.2 Å². The molecule has 1 aromatic carbocycles. The predicted octanol–water partition coefficient (Wildman–Crippen LogP) is 2.23. The molecule has 2 aliphatic heterocycles. The molecular formula is C19H27ClFN3O2. The summed E-state index contributed by atoms with van der Waals surface area (Å²) in [5.74, 6) is -0.229. The van der Waals surface area contributed by atoms with Gasteiger partial charge in [0.2, 0.25) is 5.91 Å². The molecule has 3 rings (SSSR count). The van der Waals surface area contributed by atoms with Crippen LogP contribution in [0.2, 0.25) is 0 Å². The van der Waals surface area contributed by atoms with Crippen molar-refractivity contribution in [3.8, 4) is 0 Å². The normalized spacial score (nSPS) is 23.3. The first kappa shape index (κ1) is 20.6. The van der Waals surface area contributed by atoms with Crippen molar-refractivity contribution < 1.29 is 14.0 Å². The highest BCUT2D eigenvalue weighted by Gasteiger charge is 2.31. The molecule has 2 heterocycles. The van der Waals surface area contributed by atoms with Gasteiger partial charge in [-0.2, -0.15) is 0 Å². The molecule has 1 aromatic rings. The fraction of sp³-hybridized carbons (Fsp3) is 0.579. The highest BCUT2D eigenvalue weighted by Crippen LogP contribution is 2.20. The van der Waals surface area contributed by atoms with Gasteiger partial charge in [-0.25, -0.2) is 4.39 Å². The monoisotopic (exact) mass is 383 g/mol. The van der Waals surface area contributed by atoms with Crippen LogP contribution in [0.25, 0.3) is 0 Å². The Kier molecular flexibility index (Phi) is 7.01. The molecule has 0 aromatic heterocycles. The van der Waals surface area contributed by atoms with Crippen molar-refractivity contribution >= 4 is 24.2 Å². The van der Waals surface area contributed by atoms with Crippen molar-refractivity contribution in [2.24, 2.45) is 5.92 Å². The van der Waals surface area contributed by atoms with Crippen LogP contribution in [0.3, 0.4) is 0 Å².